The first-order valence-corrected chi connectivity index (χ1v) is 9.36. The van der Waals surface area contributed by atoms with E-state index in [1.165, 1.54) is 6.92 Å². The number of methoxy groups -OCH3 is 1. The Bertz CT molecular complexity index is 1280. The van der Waals surface area contributed by atoms with Crippen LogP contribution in [-0.4, -0.2) is 27.6 Å². The van der Waals surface area contributed by atoms with Crippen LogP contribution >= 0.6 is 11.6 Å². The Morgan fingerprint density at radius 3 is 2.70 bits per heavy atom. The molecule has 2 aromatic heterocycles. The van der Waals surface area contributed by atoms with Gasteiger partial charge in [-0.05, 0) is 30.3 Å². The fourth-order valence-corrected chi connectivity index (χ4v) is 3.31. The van der Waals surface area contributed by atoms with E-state index in [4.69, 9.17) is 16.3 Å². The van der Waals surface area contributed by atoms with Gasteiger partial charge in [0, 0.05) is 29.4 Å². The van der Waals surface area contributed by atoms with Gasteiger partial charge < -0.3 is 15.4 Å². The van der Waals surface area contributed by atoms with Crippen molar-refractivity contribution in [1.82, 2.24) is 14.6 Å². The van der Waals surface area contributed by atoms with Crippen LogP contribution in [0, 0.1) is 11.3 Å². The topological polar surface area (TPSA) is 107 Å². The molecule has 150 valence electrons. The second-order valence-electron chi connectivity index (χ2n) is 6.50. The molecule has 4 rings (SSSR count). The number of H-pyrrole nitrogens is 1. The molecule has 4 aromatic rings. The summed E-state index contributed by atoms with van der Waals surface area (Å²) in [6.07, 6.45) is 1.59. The van der Waals surface area contributed by atoms with Crippen LogP contribution in [0.4, 0.5) is 17.2 Å². The molecule has 0 saturated heterocycles. The number of nitriles is 1. The third-order valence-corrected chi connectivity index (χ3v) is 4.71. The van der Waals surface area contributed by atoms with Crippen LogP contribution in [0.2, 0.25) is 5.02 Å². The lowest BCUT2D eigenvalue weighted by Gasteiger charge is -2.12. The summed E-state index contributed by atoms with van der Waals surface area (Å²) in [7, 11) is 1.57. The van der Waals surface area contributed by atoms with Crippen LogP contribution < -0.4 is 15.4 Å². The SMILES string of the molecule is COc1ccc(Cl)cc1Nc1c(-c2ccc(NC(C)=O)cc2)nc2c(C#N)c[nH]n12. The zero-order valence-corrected chi connectivity index (χ0v) is 16.9. The number of carbonyl (C=O) groups is 1. The molecule has 0 spiro atoms. The van der Waals surface area contributed by atoms with E-state index in [0.29, 0.717) is 44.9 Å². The van der Waals surface area contributed by atoms with E-state index >= 15 is 0 Å². The minimum atomic E-state index is -0.146. The fraction of sp³-hybridized carbons (Fsp3) is 0.0952. The van der Waals surface area contributed by atoms with Gasteiger partial charge in [-0.2, -0.15) is 5.26 Å². The number of fused-ring (bicyclic) bond motifs is 1. The zero-order chi connectivity index (χ0) is 21.3. The molecule has 0 unspecified atom stereocenters. The Labute approximate surface area is 177 Å². The van der Waals surface area contributed by atoms with E-state index in [9.17, 15) is 10.1 Å². The fourth-order valence-electron chi connectivity index (χ4n) is 3.14. The molecule has 0 aliphatic heterocycles. The van der Waals surface area contributed by atoms with E-state index in [-0.39, 0.29) is 5.91 Å². The molecule has 1 amide bonds. The molecular formula is C21H17ClN6O2. The minimum Gasteiger partial charge on any atom is -0.495 e. The first-order valence-electron chi connectivity index (χ1n) is 8.98. The first-order chi connectivity index (χ1) is 14.5. The molecule has 0 aliphatic rings. The first kappa shape index (κ1) is 19.4. The van der Waals surface area contributed by atoms with Crippen molar-refractivity contribution in [2.45, 2.75) is 6.92 Å². The lowest BCUT2D eigenvalue weighted by molar-refractivity contribution is -0.114. The standard InChI is InChI=1S/C21H17ClN6O2/c1-12(29)25-16-6-3-13(4-7-16)19-21(28-20(27-19)14(10-23)11-24-28)26-17-9-15(22)5-8-18(17)30-2/h3-9,11,24,26H,1-2H3,(H,25,29). The van der Waals surface area contributed by atoms with Crippen molar-refractivity contribution in [3.63, 3.8) is 0 Å². The molecular weight excluding hydrogens is 404 g/mol. The lowest BCUT2D eigenvalue weighted by Crippen LogP contribution is -2.05. The van der Waals surface area contributed by atoms with E-state index in [2.05, 4.69) is 26.8 Å². The Morgan fingerprint density at radius 2 is 2.03 bits per heavy atom. The maximum atomic E-state index is 11.3. The molecule has 0 atom stereocenters. The molecule has 0 aliphatic carbocycles. The summed E-state index contributed by atoms with van der Waals surface area (Å²) in [6, 6.07) is 14.7. The minimum absolute atomic E-state index is 0.146. The van der Waals surface area contributed by atoms with Gasteiger partial charge in [0.1, 0.15) is 23.1 Å². The highest BCUT2D eigenvalue weighted by Gasteiger charge is 2.19. The molecule has 0 bridgehead atoms. The van der Waals surface area contributed by atoms with Gasteiger partial charge in [-0.25, -0.2) is 9.50 Å². The van der Waals surface area contributed by atoms with Gasteiger partial charge >= 0.3 is 0 Å². The number of nitrogens with zero attached hydrogens (tertiary/aromatic N) is 3. The average molecular weight is 421 g/mol. The largest absolute Gasteiger partial charge is 0.495 e. The number of imidazole rings is 1. The summed E-state index contributed by atoms with van der Waals surface area (Å²) in [5.74, 6) is 1.07. The second kappa shape index (κ2) is 7.81. The number of halogens is 1. The summed E-state index contributed by atoms with van der Waals surface area (Å²) in [6.45, 7) is 1.45. The van der Waals surface area contributed by atoms with Crippen molar-refractivity contribution in [2.24, 2.45) is 0 Å². The average Bonchev–Trinajstić information content (AvgIpc) is 3.28. The molecule has 3 N–H and O–H groups in total. The number of benzene rings is 2. The Morgan fingerprint density at radius 1 is 1.27 bits per heavy atom. The number of hydrogen-bond donors (Lipinski definition) is 3. The van der Waals surface area contributed by atoms with Crippen molar-refractivity contribution in [1.29, 1.82) is 5.26 Å². The predicted molar refractivity (Wildman–Crippen MR) is 115 cm³/mol. The number of anilines is 3. The number of aromatic nitrogens is 3. The van der Waals surface area contributed by atoms with E-state index in [0.717, 1.165) is 5.56 Å². The molecule has 0 fully saturated rings. The van der Waals surface area contributed by atoms with Crippen molar-refractivity contribution < 1.29 is 9.53 Å². The zero-order valence-electron chi connectivity index (χ0n) is 16.2. The summed E-state index contributed by atoms with van der Waals surface area (Å²) >= 11 is 6.17. The predicted octanol–water partition coefficient (Wildman–Crippen LogP) is 4.57. The number of rotatable bonds is 5. The lowest BCUT2D eigenvalue weighted by atomic mass is 10.1. The summed E-state index contributed by atoms with van der Waals surface area (Å²) in [5.41, 5.74) is 3.65. The van der Waals surface area contributed by atoms with Crippen LogP contribution in [0.5, 0.6) is 5.75 Å². The van der Waals surface area contributed by atoms with Crippen LogP contribution in [0.3, 0.4) is 0 Å². The van der Waals surface area contributed by atoms with E-state index < -0.39 is 0 Å². The van der Waals surface area contributed by atoms with Crippen LogP contribution in [0.15, 0.2) is 48.7 Å². The van der Waals surface area contributed by atoms with E-state index in [1.807, 2.05) is 12.1 Å². The molecule has 30 heavy (non-hydrogen) atoms. The molecule has 8 nitrogen and oxygen atoms in total. The normalized spacial score (nSPS) is 10.6. The maximum Gasteiger partial charge on any atom is 0.221 e. The van der Waals surface area contributed by atoms with Gasteiger partial charge in [-0.3, -0.25) is 9.89 Å². The van der Waals surface area contributed by atoms with Crippen LogP contribution in [0.25, 0.3) is 16.9 Å². The monoisotopic (exact) mass is 420 g/mol. The molecule has 0 radical (unpaired) electrons. The summed E-state index contributed by atoms with van der Waals surface area (Å²) in [4.78, 5) is 15.9. The Kier molecular flexibility index (Phi) is 5.04. The Hall–Kier alpha value is -3.96. The van der Waals surface area contributed by atoms with E-state index in [1.54, 1.807) is 48.2 Å². The van der Waals surface area contributed by atoms with Gasteiger partial charge in [-0.1, -0.05) is 23.7 Å². The Balaban J connectivity index is 1.84. The van der Waals surface area contributed by atoms with Gasteiger partial charge in [0.2, 0.25) is 5.91 Å². The number of aromatic amines is 1. The quantitative estimate of drug-likeness (QED) is 0.438. The number of hydrogen-bond acceptors (Lipinski definition) is 5. The van der Waals surface area contributed by atoms with Crippen molar-refractivity contribution in [3.8, 4) is 23.1 Å². The second-order valence-corrected chi connectivity index (χ2v) is 6.93. The van der Waals surface area contributed by atoms with Crippen molar-refractivity contribution in [3.05, 3.63) is 59.2 Å². The summed E-state index contributed by atoms with van der Waals surface area (Å²) in [5, 5.41) is 19.1. The highest BCUT2D eigenvalue weighted by atomic mass is 35.5. The molecule has 9 heteroatoms. The molecule has 0 saturated carbocycles. The van der Waals surface area contributed by atoms with Crippen molar-refractivity contribution >= 4 is 40.3 Å². The van der Waals surface area contributed by atoms with Crippen LogP contribution in [-0.2, 0) is 4.79 Å². The number of ether oxygens (including phenoxy) is 1. The number of nitrogens with one attached hydrogen (secondary N) is 3. The molecule has 2 aromatic carbocycles. The third kappa shape index (κ3) is 3.54. The maximum absolute atomic E-state index is 11.3. The number of amides is 1. The van der Waals surface area contributed by atoms with Crippen molar-refractivity contribution in [2.75, 3.05) is 17.7 Å². The highest BCUT2D eigenvalue weighted by Crippen LogP contribution is 2.36. The third-order valence-electron chi connectivity index (χ3n) is 4.47. The highest BCUT2D eigenvalue weighted by molar-refractivity contribution is 6.31. The molecule has 2 heterocycles. The van der Waals surface area contributed by atoms with Crippen LogP contribution in [0.1, 0.15) is 12.5 Å². The smallest absolute Gasteiger partial charge is 0.221 e. The number of carbonyl (C=O) groups excluding carboxylic acids is 1. The van der Waals surface area contributed by atoms with Gasteiger partial charge in [0.05, 0.1) is 12.8 Å². The van der Waals surface area contributed by atoms with Gasteiger partial charge in [0.15, 0.2) is 11.5 Å². The summed E-state index contributed by atoms with van der Waals surface area (Å²) < 4.78 is 7.12. The van der Waals surface area contributed by atoms with Gasteiger partial charge in [0.25, 0.3) is 0 Å². The van der Waals surface area contributed by atoms with Gasteiger partial charge in [-0.15, -0.1) is 0 Å².